The topological polar surface area (TPSA) is 144 Å². The summed E-state index contributed by atoms with van der Waals surface area (Å²) in [6.07, 6.45) is 0. The number of amides is 1. The number of hydrogen-bond acceptors (Lipinski definition) is 6. The van der Waals surface area contributed by atoms with E-state index >= 15 is 0 Å². The van der Waals surface area contributed by atoms with Crippen LogP contribution in [0.25, 0.3) is 5.69 Å². The molecule has 1 aromatic carbocycles. The molecule has 142 valence electrons. The lowest BCUT2D eigenvalue weighted by Gasteiger charge is -2.18. The summed E-state index contributed by atoms with van der Waals surface area (Å²) < 4.78 is 1.14. The van der Waals surface area contributed by atoms with Crippen LogP contribution in [-0.2, 0) is 4.79 Å². The number of carboxylic acid groups (broad SMARTS) is 1. The van der Waals surface area contributed by atoms with Gasteiger partial charge in [0.1, 0.15) is 5.69 Å². The van der Waals surface area contributed by atoms with Crippen LogP contribution in [0.2, 0.25) is 0 Å². The molecule has 2 atom stereocenters. The summed E-state index contributed by atoms with van der Waals surface area (Å²) in [5, 5.41) is 26.7. The van der Waals surface area contributed by atoms with Crippen LogP contribution in [0.3, 0.4) is 0 Å². The smallest absolute Gasteiger partial charge is 0.308 e. The summed E-state index contributed by atoms with van der Waals surface area (Å²) in [7, 11) is 0. The Balaban J connectivity index is 2.48. The first kappa shape index (κ1) is 19.8. The van der Waals surface area contributed by atoms with Gasteiger partial charge in [-0.25, -0.2) is 4.68 Å². The van der Waals surface area contributed by atoms with Crippen molar-refractivity contribution in [2.75, 3.05) is 0 Å². The van der Waals surface area contributed by atoms with Crippen LogP contribution in [-0.4, -0.2) is 37.7 Å². The van der Waals surface area contributed by atoms with E-state index in [1.807, 2.05) is 0 Å². The lowest BCUT2D eigenvalue weighted by atomic mass is 10.0. The van der Waals surface area contributed by atoms with Crippen molar-refractivity contribution >= 4 is 17.6 Å². The molecule has 0 spiro atoms. The Morgan fingerprint density at radius 3 is 2.52 bits per heavy atom. The van der Waals surface area contributed by atoms with Crippen molar-refractivity contribution in [1.29, 1.82) is 0 Å². The quantitative estimate of drug-likeness (QED) is 0.572. The molecule has 10 heteroatoms. The molecule has 0 saturated heterocycles. The van der Waals surface area contributed by atoms with Crippen molar-refractivity contribution in [3.05, 3.63) is 62.1 Å². The van der Waals surface area contributed by atoms with E-state index in [4.69, 9.17) is 5.11 Å². The number of carboxylic acids is 1. The van der Waals surface area contributed by atoms with Crippen molar-refractivity contribution in [3.63, 3.8) is 0 Å². The summed E-state index contributed by atoms with van der Waals surface area (Å²) in [6.45, 7) is 4.44. The van der Waals surface area contributed by atoms with Crippen LogP contribution in [0, 0.1) is 23.0 Å². The fraction of sp³-hybridized carbons (Fsp3) is 0.294. The molecular formula is C17H18N4O6. The van der Waals surface area contributed by atoms with E-state index in [1.54, 1.807) is 6.07 Å². The zero-order valence-corrected chi connectivity index (χ0v) is 14.9. The minimum absolute atomic E-state index is 0.0982. The molecule has 0 aliphatic carbocycles. The normalized spacial score (nSPS) is 12.9. The summed E-state index contributed by atoms with van der Waals surface area (Å²) in [5.41, 5.74) is -0.993. The van der Waals surface area contributed by atoms with Crippen molar-refractivity contribution in [2.45, 2.75) is 26.8 Å². The number of aliphatic carboxylic acids is 1. The number of benzene rings is 1. The minimum atomic E-state index is -1.10. The highest BCUT2D eigenvalue weighted by Gasteiger charge is 2.24. The lowest BCUT2D eigenvalue weighted by molar-refractivity contribution is -0.384. The van der Waals surface area contributed by atoms with Gasteiger partial charge in [-0.1, -0.05) is 12.1 Å². The van der Waals surface area contributed by atoms with Crippen LogP contribution in [0.15, 0.2) is 35.1 Å². The summed E-state index contributed by atoms with van der Waals surface area (Å²) in [4.78, 5) is 46.3. The monoisotopic (exact) mass is 374 g/mol. The number of carbonyl (C=O) groups excluding carboxylic acids is 1. The summed E-state index contributed by atoms with van der Waals surface area (Å²) in [5.74, 6) is -2.83. The molecule has 0 bridgehead atoms. The van der Waals surface area contributed by atoms with Crippen LogP contribution in [0.5, 0.6) is 0 Å². The standard InChI is InChI=1S/C17H18N4O6/c1-9-8-14(22)15(16(23)18-11(3)10(2)17(24)25)19-20(9)12-6-4-5-7-13(12)21(26)27/h4-8,10-11H,1-3H3,(H,18,23)(H,24,25). The van der Waals surface area contributed by atoms with E-state index in [0.717, 1.165) is 10.7 Å². The summed E-state index contributed by atoms with van der Waals surface area (Å²) in [6, 6.07) is 6.17. The van der Waals surface area contributed by atoms with E-state index in [-0.39, 0.29) is 11.4 Å². The molecule has 1 aromatic heterocycles. The molecule has 2 aromatic rings. The third-order valence-corrected chi connectivity index (χ3v) is 4.13. The number of rotatable bonds is 6. The van der Waals surface area contributed by atoms with Crippen LogP contribution >= 0.6 is 0 Å². The number of nitrogens with zero attached hydrogens (tertiary/aromatic N) is 3. The third-order valence-electron chi connectivity index (χ3n) is 4.13. The Labute approximate surface area is 153 Å². The van der Waals surface area contributed by atoms with E-state index in [0.29, 0.717) is 5.69 Å². The number of nitrogens with one attached hydrogen (secondary N) is 1. The molecule has 10 nitrogen and oxygen atoms in total. The second kappa shape index (κ2) is 7.77. The number of nitro groups is 1. The van der Waals surface area contributed by atoms with Crippen molar-refractivity contribution < 1.29 is 19.6 Å². The Hall–Kier alpha value is -3.56. The van der Waals surface area contributed by atoms with Gasteiger partial charge in [0.05, 0.1) is 10.8 Å². The van der Waals surface area contributed by atoms with Crippen molar-refractivity contribution in [1.82, 2.24) is 15.1 Å². The highest BCUT2D eigenvalue weighted by molar-refractivity contribution is 5.92. The minimum Gasteiger partial charge on any atom is -0.481 e. The Morgan fingerprint density at radius 1 is 1.30 bits per heavy atom. The zero-order valence-electron chi connectivity index (χ0n) is 14.9. The summed E-state index contributed by atoms with van der Waals surface area (Å²) >= 11 is 0. The van der Waals surface area contributed by atoms with Crippen LogP contribution in [0.1, 0.15) is 30.0 Å². The predicted octanol–water partition coefficient (Wildman–Crippen LogP) is 1.29. The van der Waals surface area contributed by atoms with Gasteiger partial charge in [0.15, 0.2) is 5.69 Å². The van der Waals surface area contributed by atoms with E-state index in [1.165, 1.54) is 39.0 Å². The number of nitro benzene ring substituents is 1. The van der Waals surface area contributed by atoms with Gasteiger partial charge in [-0.2, -0.15) is 5.10 Å². The maximum atomic E-state index is 12.4. The Kier molecular flexibility index (Phi) is 5.69. The largest absolute Gasteiger partial charge is 0.481 e. The molecule has 2 rings (SSSR count). The first-order valence-corrected chi connectivity index (χ1v) is 8.02. The average Bonchev–Trinajstić information content (AvgIpc) is 2.60. The zero-order chi connectivity index (χ0) is 20.3. The Morgan fingerprint density at radius 2 is 1.93 bits per heavy atom. The fourth-order valence-corrected chi connectivity index (χ4v) is 2.36. The highest BCUT2D eigenvalue weighted by atomic mass is 16.6. The molecule has 1 amide bonds. The number of carbonyl (C=O) groups is 2. The lowest BCUT2D eigenvalue weighted by Crippen LogP contribution is -2.42. The molecule has 0 fully saturated rings. The molecule has 0 radical (unpaired) electrons. The van der Waals surface area contributed by atoms with Crippen molar-refractivity contribution in [2.24, 2.45) is 5.92 Å². The number of aromatic nitrogens is 2. The van der Waals surface area contributed by atoms with E-state index in [9.17, 15) is 24.5 Å². The first-order chi connectivity index (χ1) is 12.6. The molecule has 0 aliphatic heterocycles. The predicted molar refractivity (Wildman–Crippen MR) is 95.0 cm³/mol. The second-order valence-corrected chi connectivity index (χ2v) is 6.05. The first-order valence-electron chi connectivity index (χ1n) is 8.02. The molecule has 0 aliphatic rings. The highest BCUT2D eigenvalue weighted by Crippen LogP contribution is 2.22. The van der Waals surface area contributed by atoms with E-state index < -0.39 is 39.9 Å². The van der Waals surface area contributed by atoms with Gasteiger partial charge < -0.3 is 10.4 Å². The third kappa shape index (κ3) is 4.17. The maximum absolute atomic E-state index is 12.4. The van der Waals surface area contributed by atoms with Gasteiger partial charge in [0.25, 0.3) is 11.6 Å². The van der Waals surface area contributed by atoms with Gasteiger partial charge in [0, 0.05) is 23.9 Å². The maximum Gasteiger partial charge on any atom is 0.308 e. The molecular weight excluding hydrogens is 356 g/mol. The molecule has 27 heavy (non-hydrogen) atoms. The van der Waals surface area contributed by atoms with Crippen molar-refractivity contribution in [3.8, 4) is 5.69 Å². The van der Waals surface area contributed by atoms with Crippen LogP contribution < -0.4 is 10.7 Å². The molecule has 2 N–H and O–H groups in total. The molecule has 0 saturated carbocycles. The van der Waals surface area contributed by atoms with Crippen LogP contribution in [0.4, 0.5) is 5.69 Å². The number of aryl methyl sites for hydroxylation is 1. The fourth-order valence-electron chi connectivity index (χ4n) is 2.36. The second-order valence-electron chi connectivity index (χ2n) is 6.05. The molecule has 2 unspecified atom stereocenters. The Bertz CT molecular complexity index is 968. The molecule has 1 heterocycles. The van der Waals surface area contributed by atoms with Gasteiger partial charge in [-0.3, -0.25) is 24.5 Å². The van der Waals surface area contributed by atoms with E-state index in [2.05, 4.69) is 10.4 Å². The number of hydrogen-bond donors (Lipinski definition) is 2. The average molecular weight is 374 g/mol. The number of para-hydroxylation sites is 2. The van der Waals surface area contributed by atoms with Gasteiger partial charge in [0.2, 0.25) is 5.43 Å². The SMILES string of the molecule is Cc1cc(=O)c(C(=O)NC(C)C(C)C(=O)O)nn1-c1ccccc1[N+](=O)[O-]. The van der Waals surface area contributed by atoms with Gasteiger partial charge in [-0.05, 0) is 26.8 Å². The van der Waals surface area contributed by atoms with Gasteiger partial charge in [-0.15, -0.1) is 0 Å². The van der Waals surface area contributed by atoms with Gasteiger partial charge >= 0.3 is 5.97 Å².